The number of halogens is 1. The normalized spacial score (nSPS) is 26.6. The molecule has 0 aromatic heterocycles. The fraction of sp³-hybridized carbons (Fsp3) is 0.500. The lowest BCUT2D eigenvalue weighted by molar-refractivity contribution is -0.121. The lowest BCUT2D eigenvalue weighted by Crippen LogP contribution is -2.48. The molecular formula is C16H18FNO2. The number of likely N-dealkylation sites (tertiary alicyclic amines) is 1. The SMILES string of the molecule is CC(=O)C1CCCN1C1CCc2c(F)cccc2C1=O. The molecule has 1 aliphatic carbocycles. The maximum Gasteiger partial charge on any atom is 0.180 e. The molecule has 0 amide bonds. The quantitative estimate of drug-likeness (QED) is 0.831. The predicted molar refractivity (Wildman–Crippen MR) is 73.2 cm³/mol. The monoisotopic (exact) mass is 275 g/mol. The van der Waals surface area contributed by atoms with Gasteiger partial charge in [-0.05, 0) is 50.8 Å². The van der Waals surface area contributed by atoms with Crippen molar-refractivity contribution in [2.24, 2.45) is 0 Å². The fourth-order valence-electron chi connectivity index (χ4n) is 3.55. The van der Waals surface area contributed by atoms with Crippen LogP contribution in [-0.2, 0) is 11.2 Å². The van der Waals surface area contributed by atoms with Gasteiger partial charge in [0.1, 0.15) is 11.6 Å². The maximum atomic E-state index is 13.7. The van der Waals surface area contributed by atoms with Crippen LogP contribution in [-0.4, -0.2) is 35.1 Å². The van der Waals surface area contributed by atoms with Gasteiger partial charge >= 0.3 is 0 Å². The van der Waals surface area contributed by atoms with E-state index in [1.807, 2.05) is 4.90 Å². The Kier molecular flexibility index (Phi) is 3.42. The van der Waals surface area contributed by atoms with Gasteiger partial charge in [-0.1, -0.05) is 12.1 Å². The third kappa shape index (κ3) is 2.08. The number of hydrogen-bond acceptors (Lipinski definition) is 3. The van der Waals surface area contributed by atoms with E-state index in [9.17, 15) is 14.0 Å². The van der Waals surface area contributed by atoms with Gasteiger partial charge in [0.2, 0.25) is 0 Å². The van der Waals surface area contributed by atoms with Gasteiger partial charge in [0.05, 0.1) is 12.1 Å². The number of carbonyl (C=O) groups is 2. The van der Waals surface area contributed by atoms with Gasteiger partial charge in [0.15, 0.2) is 5.78 Å². The third-order valence-corrected chi connectivity index (χ3v) is 4.52. The number of benzene rings is 1. The van der Waals surface area contributed by atoms with Gasteiger partial charge in [0, 0.05) is 5.56 Å². The minimum absolute atomic E-state index is 0.0288. The summed E-state index contributed by atoms with van der Waals surface area (Å²) in [5.74, 6) is -0.196. The molecule has 1 aromatic rings. The van der Waals surface area contributed by atoms with Gasteiger partial charge in [-0.25, -0.2) is 4.39 Å². The van der Waals surface area contributed by atoms with Crippen LogP contribution in [0.2, 0.25) is 0 Å². The summed E-state index contributed by atoms with van der Waals surface area (Å²) >= 11 is 0. The van der Waals surface area contributed by atoms with Crippen molar-refractivity contribution < 1.29 is 14.0 Å². The Labute approximate surface area is 117 Å². The molecule has 4 heteroatoms. The number of fused-ring (bicyclic) bond motifs is 1. The van der Waals surface area contributed by atoms with Crippen molar-refractivity contribution in [2.45, 2.75) is 44.7 Å². The van der Waals surface area contributed by atoms with E-state index in [0.29, 0.717) is 24.0 Å². The van der Waals surface area contributed by atoms with E-state index in [1.54, 1.807) is 19.1 Å². The highest BCUT2D eigenvalue weighted by molar-refractivity contribution is 6.02. The van der Waals surface area contributed by atoms with E-state index >= 15 is 0 Å². The highest BCUT2D eigenvalue weighted by Gasteiger charge is 2.39. The summed E-state index contributed by atoms with van der Waals surface area (Å²) in [6, 6.07) is 4.28. The molecule has 20 heavy (non-hydrogen) atoms. The molecule has 106 valence electrons. The summed E-state index contributed by atoms with van der Waals surface area (Å²) in [5.41, 5.74) is 1.03. The molecule has 2 aliphatic rings. The molecule has 1 aliphatic heterocycles. The Morgan fingerprint density at radius 2 is 2.15 bits per heavy atom. The number of hydrogen-bond donors (Lipinski definition) is 0. The van der Waals surface area contributed by atoms with E-state index in [1.165, 1.54) is 6.07 Å². The average Bonchev–Trinajstić information content (AvgIpc) is 2.89. The van der Waals surface area contributed by atoms with Crippen molar-refractivity contribution in [3.8, 4) is 0 Å². The zero-order valence-corrected chi connectivity index (χ0v) is 11.6. The highest BCUT2D eigenvalue weighted by Crippen LogP contribution is 2.31. The molecule has 0 spiro atoms. The van der Waals surface area contributed by atoms with Crippen molar-refractivity contribution in [2.75, 3.05) is 6.54 Å². The second-order valence-electron chi connectivity index (χ2n) is 5.69. The Morgan fingerprint density at radius 1 is 1.35 bits per heavy atom. The Morgan fingerprint density at radius 3 is 2.90 bits per heavy atom. The zero-order valence-electron chi connectivity index (χ0n) is 11.6. The number of nitrogens with zero attached hydrogens (tertiary/aromatic N) is 1. The minimum atomic E-state index is -0.293. The van der Waals surface area contributed by atoms with Crippen LogP contribution in [0.5, 0.6) is 0 Å². The van der Waals surface area contributed by atoms with Crippen LogP contribution in [0.15, 0.2) is 18.2 Å². The predicted octanol–water partition coefficient (Wildman–Crippen LogP) is 2.38. The van der Waals surface area contributed by atoms with Crippen molar-refractivity contribution in [1.29, 1.82) is 0 Å². The maximum absolute atomic E-state index is 13.7. The first-order valence-corrected chi connectivity index (χ1v) is 7.17. The van der Waals surface area contributed by atoms with Crippen molar-refractivity contribution in [3.05, 3.63) is 35.1 Å². The molecule has 3 nitrogen and oxygen atoms in total. The molecule has 1 fully saturated rings. The van der Waals surface area contributed by atoms with Crippen LogP contribution in [0, 0.1) is 5.82 Å². The number of carbonyl (C=O) groups excluding carboxylic acids is 2. The highest BCUT2D eigenvalue weighted by atomic mass is 19.1. The smallest absolute Gasteiger partial charge is 0.180 e. The molecule has 1 heterocycles. The second-order valence-corrected chi connectivity index (χ2v) is 5.69. The Hall–Kier alpha value is -1.55. The molecule has 2 unspecified atom stereocenters. The van der Waals surface area contributed by atoms with Crippen LogP contribution in [0.3, 0.4) is 0 Å². The zero-order chi connectivity index (χ0) is 14.3. The number of ketones is 2. The fourth-order valence-corrected chi connectivity index (χ4v) is 3.55. The topological polar surface area (TPSA) is 37.4 Å². The molecule has 0 saturated carbocycles. The molecule has 0 radical (unpaired) electrons. The van der Waals surface area contributed by atoms with Gasteiger partial charge in [-0.3, -0.25) is 14.5 Å². The first kappa shape index (κ1) is 13.4. The van der Waals surface area contributed by atoms with Crippen LogP contribution in [0.4, 0.5) is 4.39 Å². The Bertz CT molecular complexity index is 570. The summed E-state index contributed by atoms with van der Waals surface area (Å²) in [6.07, 6.45) is 2.95. The van der Waals surface area contributed by atoms with Crippen LogP contribution < -0.4 is 0 Å². The Balaban J connectivity index is 1.91. The first-order chi connectivity index (χ1) is 9.59. The third-order valence-electron chi connectivity index (χ3n) is 4.52. The van der Waals surface area contributed by atoms with Crippen LogP contribution >= 0.6 is 0 Å². The van der Waals surface area contributed by atoms with Crippen molar-refractivity contribution in [3.63, 3.8) is 0 Å². The summed E-state index contributed by atoms with van der Waals surface area (Å²) in [7, 11) is 0. The number of Topliss-reactive ketones (excluding diaryl/α,β-unsaturated/α-hetero) is 2. The lowest BCUT2D eigenvalue weighted by atomic mass is 9.85. The van der Waals surface area contributed by atoms with Gasteiger partial charge in [0.25, 0.3) is 0 Å². The van der Waals surface area contributed by atoms with Crippen LogP contribution in [0.25, 0.3) is 0 Å². The van der Waals surface area contributed by atoms with E-state index < -0.39 is 0 Å². The molecule has 1 saturated heterocycles. The summed E-state index contributed by atoms with van der Waals surface area (Å²) < 4.78 is 13.7. The molecule has 2 atom stereocenters. The van der Waals surface area contributed by atoms with Gasteiger partial charge in [-0.15, -0.1) is 0 Å². The standard InChI is InChI=1S/C16H18FNO2/c1-10(19)14-6-3-9-18(14)15-8-7-11-12(16(15)20)4-2-5-13(11)17/h2,4-5,14-15H,3,6-9H2,1H3. The van der Waals surface area contributed by atoms with Crippen molar-refractivity contribution in [1.82, 2.24) is 4.90 Å². The first-order valence-electron chi connectivity index (χ1n) is 7.17. The summed E-state index contributed by atoms with van der Waals surface area (Å²) in [6.45, 7) is 2.37. The summed E-state index contributed by atoms with van der Waals surface area (Å²) in [5, 5.41) is 0. The average molecular weight is 275 g/mol. The van der Waals surface area contributed by atoms with E-state index in [4.69, 9.17) is 0 Å². The van der Waals surface area contributed by atoms with E-state index in [2.05, 4.69) is 0 Å². The summed E-state index contributed by atoms with van der Waals surface area (Å²) in [4.78, 5) is 26.3. The second kappa shape index (κ2) is 5.09. The van der Waals surface area contributed by atoms with Crippen LogP contribution in [0.1, 0.15) is 42.1 Å². The van der Waals surface area contributed by atoms with Crippen molar-refractivity contribution >= 4 is 11.6 Å². The number of rotatable bonds is 2. The molecule has 1 aromatic carbocycles. The molecular weight excluding hydrogens is 257 g/mol. The lowest BCUT2D eigenvalue weighted by Gasteiger charge is -2.34. The molecule has 0 bridgehead atoms. The largest absolute Gasteiger partial charge is 0.298 e. The molecule has 3 rings (SSSR count). The molecule has 0 N–H and O–H groups in total. The van der Waals surface area contributed by atoms with Gasteiger partial charge < -0.3 is 0 Å². The minimum Gasteiger partial charge on any atom is -0.298 e. The van der Waals surface area contributed by atoms with E-state index in [0.717, 1.165) is 19.4 Å². The van der Waals surface area contributed by atoms with E-state index in [-0.39, 0.29) is 29.5 Å². The van der Waals surface area contributed by atoms with Gasteiger partial charge in [-0.2, -0.15) is 0 Å².